The minimum atomic E-state index is -0.149. The van der Waals surface area contributed by atoms with Crippen LogP contribution in [0.2, 0.25) is 0 Å². The Morgan fingerprint density at radius 1 is 0.852 bits per heavy atom. The average Bonchev–Trinajstić information content (AvgIpc) is 3.22. The molecule has 4 aromatic rings. The maximum Gasteiger partial charge on any atom is 0.193 e. The van der Waals surface area contributed by atoms with E-state index in [4.69, 9.17) is 18.3 Å². The number of ether oxygens (including phenoxy) is 2. The van der Waals surface area contributed by atoms with E-state index in [0.717, 1.165) is 5.75 Å². The SMILES string of the molecule is Cc1ccc(OCCOc2ccc3oc(-c4ccco4)cc(=O)c3c2)cc1. The van der Waals surface area contributed by atoms with Crippen LogP contribution in [-0.2, 0) is 0 Å². The molecule has 0 saturated heterocycles. The lowest BCUT2D eigenvalue weighted by molar-refractivity contribution is 0.217. The molecule has 5 nitrogen and oxygen atoms in total. The lowest BCUT2D eigenvalue weighted by Gasteiger charge is -2.09. The highest BCUT2D eigenvalue weighted by molar-refractivity contribution is 5.79. The third kappa shape index (κ3) is 3.87. The molecule has 2 aromatic carbocycles. The van der Waals surface area contributed by atoms with E-state index < -0.39 is 0 Å². The number of fused-ring (bicyclic) bond motifs is 1. The standard InChI is InChI=1S/C22H18O5/c1-15-4-6-16(7-5-15)24-11-12-25-17-8-9-20-18(13-17)19(23)14-22(27-20)21-3-2-10-26-21/h2-10,13-14H,11-12H2,1H3. The van der Waals surface area contributed by atoms with E-state index in [9.17, 15) is 4.79 Å². The Kier molecular flexibility index (Phi) is 4.66. The summed E-state index contributed by atoms with van der Waals surface area (Å²) < 4.78 is 22.4. The number of rotatable bonds is 6. The van der Waals surface area contributed by atoms with Gasteiger partial charge >= 0.3 is 0 Å². The number of benzene rings is 2. The zero-order valence-electron chi connectivity index (χ0n) is 14.8. The van der Waals surface area contributed by atoms with Crippen LogP contribution < -0.4 is 14.9 Å². The van der Waals surface area contributed by atoms with Crippen molar-refractivity contribution in [2.24, 2.45) is 0 Å². The molecule has 27 heavy (non-hydrogen) atoms. The number of hydrogen-bond acceptors (Lipinski definition) is 5. The van der Waals surface area contributed by atoms with Crippen LogP contribution in [0.1, 0.15) is 5.56 Å². The molecule has 0 aliphatic rings. The fourth-order valence-electron chi connectivity index (χ4n) is 2.72. The predicted octanol–water partition coefficient (Wildman–Crippen LogP) is 4.82. The molecule has 0 spiro atoms. The summed E-state index contributed by atoms with van der Waals surface area (Å²) in [5.74, 6) is 2.31. The summed E-state index contributed by atoms with van der Waals surface area (Å²) in [7, 11) is 0. The van der Waals surface area contributed by atoms with E-state index >= 15 is 0 Å². The van der Waals surface area contributed by atoms with Gasteiger partial charge < -0.3 is 18.3 Å². The van der Waals surface area contributed by atoms with E-state index in [2.05, 4.69) is 0 Å². The maximum absolute atomic E-state index is 12.4. The summed E-state index contributed by atoms with van der Waals surface area (Å²) in [5, 5.41) is 0.460. The van der Waals surface area contributed by atoms with Gasteiger partial charge in [-0.15, -0.1) is 0 Å². The van der Waals surface area contributed by atoms with Crippen molar-refractivity contribution in [3.63, 3.8) is 0 Å². The minimum absolute atomic E-state index is 0.149. The van der Waals surface area contributed by atoms with Crippen LogP contribution in [0.15, 0.2) is 80.6 Å². The van der Waals surface area contributed by atoms with Crippen molar-refractivity contribution < 1.29 is 18.3 Å². The van der Waals surface area contributed by atoms with E-state index in [1.165, 1.54) is 17.9 Å². The van der Waals surface area contributed by atoms with Gasteiger partial charge in [-0.25, -0.2) is 0 Å². The fraction of sp³-hybridized carbons (Fsp3) is 0.136. The summed E-state index contributed by atoms with van der Waals surface area (Å²) in [6, 6.07) is 17.9. The topological polar surface area (TPSA) is 61.8 Å². The third-order valence-corrected chi connectivity index (χ3v) is 4.10. The molecule has 0 bridgehead atoms. The van der Waals surface area contributed by atoms with Crippen molar-refractivity contribution in [2.45, 2.75) is 6.92 Å². The number of hydrogen-bond donors (Lipinski definition) is 0. The van der Waals surface area contributed by atoms with Crippen LogP contribution in [-0.4, -0.2) is 13.2 Å². The van der Waals surface area contributed by atoms with Crippen LogP contribution in [0.3, 0.4) is 0 Å². The largest absolute Gasteiger partial charge is 0.490 e. The molecule has 5 heteroatoms. The van der Waals surface area contributed by atoms with Crippen LogP contribution >= 0.6 is 0 Å². The predicted molar refractivity (Wildman–Crippen MR) is 102 cm³/mol. The Balaban J connectivity index is 1.44. The van der Waals surface area contributed by atoms with Gasteiger partial charge in [0.05, 0.1) is 11.6 Å². The van der Waals surface area contributed by atoms with E-state index in [1.54, 1.807) is 30.3 Å². The molecule has 0 saturated carbocycles. The van der Waals surface area contributed by atoms with Crippen molar-refractivity contribution in [2.75, 3.05) is 13.2 Å². The first-order chi connectivity index (χ1) is 13.2. The van der Waals surface area contributed by atoms with E-state index in [-0.39, 0.29) is 5.43 Å². The van der Waals surface area contributed by atoms with Gasteiger partial charge in [-0.2, -0.15) is 0 Å². The Bertz CT molecular complexity index is 1090. The first-order valence-corrected chi connectivity index (χ1v) is 8.63. The average molecular weight is 362 g/mol. The third-order valence-electron chi connectivity index (χ3n) is 4.10. The smallest absolute Gasteiger partial charge is 0.193 e. The Labute approximate surface area is 155 Å². The monoisotopic (exact) mass is 362 g/mol. The van der Waals surface area contributed by atoms with Gasteiger partial charge in [-0.05, 0) is 49.4 Å². The first-order valence-electron chi connectivity index (χ1n) is 8.63. The summed E-state index contributed by atoms with van der Waals surface area (Å²) in [5.41, 5.74) is 1.52. The molecule has 2 heterocycles. The molecular formula is C22H18O5. The van der Waals surface area contributed by atoms with Gasteiger partial charge in [0.2, 0.25) is 0 Å². The van der Waals surface area contributed by atoms with Crippen molar-refractivity contribution in [1.29, 1.82) is 0 Å². The highest BCUT2D eigenvalue weighted by atomic mass is 16.5. The van der Waals surface area contributed by atoms with Crippen LogP contribution in [0, 0.1) is 6.92 Å². The summed E-state index contributed by atoms with van der Waals surface area (Å²) >= 11 is 0. The van der Waals surface area contributed by atoms with Crippen molar-refractivity contribution in [3.8, 4) is 23.0 Å². The summed E-state index contributed by atoms with van der Waals surface area (Å²) in [4.78, 5) is 12.4. The molecule has 0 atom stereocenters. The molecular weight excluding hydrogens is 344 g/mol. The van der Waals surface area contributed by atoms with Gasteiger partial charge in [0, 0.05) is 6.07 Å². The lowest BCUT2D eigenvalue weighted by Crippen LogP contribution is -2.09. The second-order valence-electron chi connectivity index (χ2n) is 6.12. The lowest BCUT2D eigenvalue weighted by atomic mass is 10.2. The van der Waals surface area contributed by atoms with Crippen LogP contribution in [0.25, 0.3) is 22.5 Å². The molecule has 0 amide bonds. The van der Waals surface area contributed by atoms with Crippen molar-refractivity contribution in [3.05, 3.63) is 82.7 Å². The minimum Gasteiger partial charge on any atom is -0.490 e. The van der Waals surface area contributed by atoms with Gasteiger partial charge in [0.25, 0.3) is 0 Å². The van der Waals surface area contributed by atoms with Crippen molar-refractivity contribution in [1.82, 2.24) is 0 Å². The zero-order chi connectivity index (χ0) is 18.6. The Morgan fingerprint density at radius 2 is 1.59 bits per heavy atom. The first kappa shape index (κ1) is 17.0. The highest BCUT2D eigenvalue weighted by Gasteiger charge is 2.10. The van der Waals surface area contributed by atoms with Crippen LogP contribution in [0.5, 0.6) is 11.5 Å². The number of furan rings is 1. The fourth-order valence-corrected chi connectivity index (χ4v) is 2.72. The Hall–Kier alpha value is -3.47. The maximum atomic E-state index is 12.4. The van der Waals surface area contributed by atoms with Gasteiger partial charge in [-0.3, -0.25) is 4.79 Å². The Morgan fingerprint density at radius 3 is 2.33 bits per heavy atom. The number of aryl methyl sites for hydroxylation is 1. The molecule has 2 aromatic heterocycles. The van der Waals surface area contributed by atoms with Gasteiger partial charge in [0.1, 0.15) is 30.3 Å². The quantitative estimate of drug-likeness (QED) is 0.460. The van der Waals surface area contributed by atoms with E-state index in [0.29, 0.717) is 41.5 Å². The van der Waals surface area contributed by atoms with E-state index in [1.807, 2.05) is 31.2 Å². The molecule has 4 rings (SSSR count). The molecule has 0 radical (unpaired) electrons. The molecule has 0 aliphatic carbocycles. The van der Waals surface area contributed by atoms with Gasteiger partial charge in [-0.1, -0.05) is 17.7 Å². The van der Waals surface area contributed by atoms with Gasteiger partial charge in [0.15, 0.2) is 16.9 Å². The molecule has 0 N–H and O–H groups in total. The molecule has 0 unspecified atom stereocenters. The summed E-state index contributed by atoms with van der Waals surface area (Å²) in [6.07, 6.45) is 1.54. The summed E-state index contributed by atoms with van der Waals surface area (Å²) in [6.45, 7) is 2.81. The highest BCUT2D eigenvalue weighted by Crippen LogP contribution is 2.25. The zero-order valence-corrected chi connectivity index (χ0v) is 14.8. The second kappa shape index (κ2) is 7.41. The second-order valence-corrected chi connectivity index (χ2v) is 6.12. The van der Waals surface area contributed by atoms with Crippen molar-refractivity contribution >= 4 is 11.0 Å². The normalized spacial score (nSPS) is 10.9. The molecule has 0 aliphatic heterocycles. The molecule has 136 valence electrons. The van der Waals surface area contributed by atoms with Crippen LogP contribution in [0.4, 0.5) is 0 Å². The molecule has 0 fully saturated rings.